The standard InChI is InChI=1S/C21H25NO3/c1-24-19-10-6-16(7-11-19)14-17-8-9-18(15-20(17)25-2)21(23)22-12-4-3-5-13-22/h6-11,15H,3-5,12-14H2,1-2H3. The molecule has 2 aromatic rings. The molecule has 0 aromatic heterocycles. The Labute approximate surface area is 149 Å². The summed E-state index contributed by atoms with van der Waals surface area (Å²) < 4.78 is 10.7. The molecule has 0 N–H and O–H groups in total. The molecule has 0 saturated carbocycles. The van der Waals surface area contributed by atoms with Gasteiger partial charge in [-0.1, -0.05) is 18.2 Å². The van der Waals surface area contributed by atoms with E-state index in [1.165, 1.54) is 12.0 Å². The smallest absolute Gasteiger partial charge is 0.253 e. The lowest BCUT2D eigenvalue weighted by atomic mass is 10.0. The molecule has 2 aromatic carbocycles. The van der Waals surface area contributed by atoms with Crippen LogP contribution in [0.5, 0.6) is 11.5 Å². The Balaban J connectivity index is 1.77. The number of methoxy groups -OCH3 is 2. The summed E-state index contributed by atoms with van der Waals surface area (Å²) >= 11 is 0. The Kier molecular flexibility index (Phi) is 5.59. The minimum absolute atomic E-state index is 0.106. The van der Waals surface area contributed by atoms with E-state index in [0.29, 0.717) is 5.56 Å². The van der Waals surface area contributed by atoms with Gasteiger partial charge < -0.3 is 14.4 Å². The Bertz CT molecular complexity index is 718. The molecular formula is C21H25NO3. The SMILES string of the molecule is COc1ccc(Cc2ccc(C(=O)N3CCCCC3)cc2OC)cc1. The van der Waals surface area contributed by atoms with Gasteiger partial charge in [-0.15, -0.1) is 0 Å². The first-order valence-electron chi connectivity index (χ1n) is 8.80. The molecule has 0 unspecified atom stereocenters. The highest BCUT2D eigenvalue weighted by Gasteiger charge is 2.19. The van der Waals surface area contributed by atoms with Crippen molar-refractivity contribution in [3.05, 3.63) is 59.2 Å². The molecule has 25 heavy (non-hydrogen) atoms. The number of carbonyl (C=O) groups is 1. The highest BCUT2D eigenvalue weighted by atomic mass is 16.5. The molecule has 0 radical (unpaired) electrons. The highest BCUT2D eigenvalue weighted by Crippen LogP contribution is 2.25. The van der Waals surface area contributed by atoms with Gasteiger partial charge in [0, 0.05) is 25.1 Å². The average molecular weight is 339 g/mol. The maximum Gasteiger partial charge on any atom is 0.253 e. The summed E-state index contributed by atoms with van der Waals surface area (Å²) in [5.41, 5.74) is 2.95. The van der Waals surface area contributed by atoms with E-state index < -0.39 is 0 Å². The van der Waals surface area contributed by atoms with Crippen molar-refractivity contribution in [2.24, 2.45) is 0 Å². The topological polar surface area (TPSA) is 38.8 Å². The van der Waals surface area contributed by atoms with E-state index in [4.69, 9.17) is 9.47 Å². The lowest BCUT2D eigenvalue weighted by Crippen LogP contribution is -2.35. The van der Waals surface area contributed by atoms with E-state index >= 15 is 0 Å². The summed E-state index contributed by atoms with van der Waals surface area (Å²) in [6.07, 6.45) is 4.16. The largest absolute Gasteiger partial charge is 0.497 e. The molecule has 4 heteroatoms. The van der Waals surface area contributed by atoms with Gasteiger partial charge in [-0.05, 0) is 54.7 Å². The zero-order chi connectivity index (χ0) is 17.6. The first kappa shape index (κ1) is 17.3. The number of amides is 1. The van der Waals surface area contributed by atoms with Gasteiger partial charge in [0.25, 0.3) is 5.91 Å². The number of benzene rings is 2. The van der Waals surface area contributed by atoms with E-state index in [9.17, 15) is 4.79 Å². The van der Waals surface area contributed by atoms with E-state index in [1.54, 1.807) is 14.2 Å². The molecule has 1 amide bonds. The number of hydrogen-bond acceptors (Lipinski definition) is 3. The highest BCUT2D eigenvalue weighted by molar-refractivity contribution is 5.94. The Morgan fingerprint density at radius 1 is 0.960 bits per heavy atom. The molecule has 3 rings (SSSR count). The van der Waals surface area contributed by atoms with Crippen LogP contribution in [0, 0.1) is 0 Å². The second-order valence-corrected chi connectivity index (χ2v) is 6.40. The number of ether oxygens (including phenoxy) is 2. The molecule has 1 heterocycles. The molecule has 0 aliphatic carbocycles. The number of rotatable bonds is 5. The fourth-order valence-electron chi connectivity index (χ4n) is 3.27. The van der Waals surface area contributed by atoms with E-state index in [2.05, 4.69) is 0 Å². The lowest BCUT2D eigenvalue weighted by molar-refractivity contribution is 0.0724. The molecule has 1 aliphatic heterocycles. The van der Waals surface area contributed by atoms with E-state index in [1.807, 2.05) is 47.4 Å². The van der Waals surface area contributed by atoms with Crippen molar-refractivity contribution >= 4 is 5.91 Å². The quantitative estimate of drug-likeness (QED) is 0.829. The Morgan fingerprint density at radius 3 is 2.32 bits per heavy atom. The normalized spacial score (nSPS) is 14.2. The summed E-state index contributed by atoms with van der Waals surface area (Å²) in [4.78, 5) is 14.6. The molecule has 1 fully saturated rings. The lowest BCUT2D eigenvalue weighted by Gasteiger charge is -2.27. The van der Waals surface area contributed by atoms with Crippen LogP contribution in [0.25, 0.3) is 0 Å². The van der Waals surface area contributed by atoms with Gasteiger partial charge in [-0.3, -0.25) is 4.79 Å². The number of hydrogen-bond donors (Lipinski definition) is 0. The van der Waals surface area contributed by atoms with Crippen LogP contribution in [0.2, 0.25) is 0 Å². The predicted octanol–water partition coefficient (Wildman–Crippen LogP) is 3.92. The van der Waals surface area contributed by atoms with Gasteiger partial charge in [0.15, 0.2) is 0 Å². The van der Waals surface area contributed by atoms with Crippen molar-refractivity contribution in [1.82, 2.24) is 4.90 Å². The third kappa shape index (κ3) is 4.13. The van der Waals surface area contributed by atoms with Crippen LogP contribution in [-0.2, 0) is 6.42 Å². The van der Waals surface area contributed by atoms with Gasteiger partial charge in [0.1, 0.15) is 11.5 Å². The van der Waals surface area contributed by atoms with Gasteiger partial charge in [-0.25, -0.2) is 0 Å². The molecule has 132 valence electrons. The summed E-state index contributed by atoms with van der Waals surface area (Å²) in [5.74, 6) is 1.71. The van der Waals surface area contributed by atoms with Gasteiger partial charge in [-0.2, -0.15) is 0 Å². The van der Waals surface area contributed by atoms with Crippen molar-refractivity contribution in [2.45, 2.75) is 25.7 Å². The number of nitrogens with zero attached hydrogens (tertiary/aromatic N) is 1. The van der Waals surface area contributed by atoms with Crippen LogP contribution >= 0.6 is 0 Å². The average Bonchev–Trinajstić information content (AvgIpc) is 2.69. The fourth-order valence-corrected chi connectivity index (χ4v) is 3.27. The van der Waals surface area contributed by atoms with Crippen LogP contribution in [0.3, 0.4) is 0 Å². The van der Waals surface area contributed by atoms with Crippen molar-refractivity contribution in [3.63, 3.8) is 0 Å². The van der Waals surface area contributed by atoms with Crippen molar-refractivity contribution in [2.75, 3.05) is 27.3 Å². The van der Waals surface area contributed by atoms with Crippen LogP contribution in [-0.4, -0.2) is 38.1 Å². The summed E-state index contributed by atoms with van der Waals surface area (Å²) in [6.45, 7) is 1.71. The molecule has 0 atom stereocenters. The minimum Gasteiger partial charge on any atom is -0.497 e. The number of carbonyl (C=O) groups excluding carboxylic acids is 1. The van der Waals surface area contributed by atoms with Gasteiger partial charge >= 0.3 is 0 Å². The first-order valence-corrected chi connectivity index (χ1v) is 8.80. The number of likely N-dealkylation sites (tertiary alicyclic amines) is 1. The molecule has 0 bridgehead atoms. The molecular weight excluding hydrogens is 314 g/mol. The summed E-state index contributed by atoms with van der Waals surface area (Å²) in [6, 6.07) is 13.8. The van der Waals surface area contributed by atoms with Gasteiger partial charge in [0.05, 0.1) is 14.2 Å². The van der Waals surface area contributed by atoms with Crippen molar-refractivity contribution < 1.29 is 14.3 Å². The second-order valence-electron chi connectivity index (χ2n) is 6.40. The second kappa shape index (κ2) is 8.06. The third-order valence-corrected chi connectivity index (χ3v) is 4.73. The predicted molar refractivity (Wildman–Crippen MR) is 98.5 cm³/mol. The molecule has 0 spiro atoms. The maximum absolute atomic E-state index is 12.7. The van der Waals surface area contributed by atoms with Gasteiger partial charge in [0.2, 0.25) is 0 Å². The van der Waals surface area contributed by atoms with Crippen molar-refractivity contribution in [1.29, 1.82) is 0 Å². The van der Waals surface area contributed by atoms with Crippen LogP contribution < -0.4 is 9.47 Å². The van der Waals surface area contributed by atoms with E-state index in [0.717, 1.165) is 49.4 Å². The Morgan fingerprint density at radius 2 is 1.68 bits per heavy atom. The minimum atomic E-state index is 0.106. The van der Waals surface area contributed by atoms with Crippen LogP contribution in [0.15, 0.2) is 42.5 Å². The maximum atomic E-state index is 12.7. The Hall–Kier alpha value is -2.49. The fraction of sp³-hybridized carbons (Fsp3) is 0.381. The number of piperidine rings is 1. The zero-order valence-corrected chi connectivity index (χ0v) is 15.0. The zero-order valence-electron chi connectivity index (χ0n) is 15.0. The molecule has 1 aliphatic rings. The summed E-state index contributed by atoms with van der Waals surface area (Å²) in [5, 5.41) is 0. The summed E-state index contributed by atoms with van der Waals surface area (Å²) in [7, 11) is 3.32. The molecule has 4 nitrogen and oxygen atoms in total. The van der Waals surface area contributed by atoms with Crippen LogP contribution in [0.1, 0.15) is 40.7 Å². The van der Waals surface area contributed by atoms with E-state index in [-0.39, 0.29) is 5.91 Å². The third-order valence-electron chi connectivity index (χ3n) is 4.73. The van der Waals surface area contributed by atoms with Crippen molar-refractivity contribution in [3.8, 4) is 11.5 Å². The first-order chi connectivity index (χ1) is 12.2. The monoisotopic (exact) mass is 339 g/mol. The van der Waals surface area contributed by atoms with Crippen LogP contribution in [0.4, 0.5) is 0 Å². The molecule has 1 saturated heterocycles.